The molecule has 1 fully saturated rings. The molecule has 2 heterocycles. The van der Waals surface area contributed by atoms with Gasteiger partial charge < -0.3 is 0 Å². The van der Waals surface area contributed by atoms with Crippen molar-refractivity contribution >= 4 is 10.9 Å². The van der Waals surface area contributed by atoms with E-state index in [9.17, 15) is 4.79 Å². The van der Waals surface area contributed by atoms with Crippen LogP contribution in [0.2, 0.25) is 0 Å². The second kappa shape index (κ2) is 7.13. The van der Waals surface area contributed by atoms with Crippen molar-refractivity contribution in [3.63, 3.8) is 0 Å². The Hall–Kier alpha value is -2.57. The largest absolute Gasteiger partial charge is 0.297 e. The fraction of sp³-hybridized carbons (Fsp3) is 0.316. The molecule has 1 aromatic heterocycles. The molecule has 1 saturated heterocycles. The molecule has 1 aliphatic rings. The minimum Gasteiger partial charge on any atom is -0.297 e. The van der Waals surface area contributed by atoms with Crippen LogP contribution in [-0.4, -0.2) is 51.0 Å². The van der Waals surface area contributed by atoms with Gasteiger partial charge in [0.2, 0.25) is 0 Å². The number of fused-ring (bicyclic) bond motifs is 1. The number of hydrogen-bond acceptors (Lipinski definition) is 5. The summed E-state index contributed by atoms with van der Waals surface area (Å²) in [5.74, 6) is 0. The molecule has 0 amide bonds. The number of rotatable bonds is 4. The molecule has 0 N–H and O–H groups in total. The maximum Gasteiger partial charge on any atom is 0.278 e. The number of piperazine rings is 1. The zero-order valence-corrected chi connectivity index (χ0v) is 14.1. The second-order valence-electron chi connectivity index (χ2n) is 6.43. The van der Waals surface area contributed by atoms with Crippen molar-refractivity contribution < 1.29 is 0 Å². The van der Waals surface area contributed by atoms with E-state index in [1.54, 1.807) is 6.07 Å². The predicted molar refractivity (Wildman–Crippen MR) is 97.1 cm³/mol. The van der Waals surface area contributed by atoms with Crippen molar-refractivity contribution in [3.8, 4) is 0 Å². The van der Waals surface area contributed by atoms with E-state index in [4.69, 9.17) is 0 Å². The molecule has 6 nitrogen and oxygen atoms in total. The van der Waals surface area contributed by atoms with Crippen LogP contribution in [0.1, 0.15) is 5.56 Å². The lowest BCUT2D eigenvalue weighted by molar-refractivity contribution is 0.0961. The van der Waals surface area contributed by atoms with Crippen molar-refractivity contribution in [2.45, 2.75) is 13.2 Å². The molecule has 0 bridgehead atoms. The standard InChI is InChI=1S/C19H21N5O/c25-19-17-8-4-5-9-18(17)20-21-24(19)15-23-12-10-22(11-13-23)14-16-6-2-1-3-7-16/h1-9H,10-15H2. The van der Waals surface area contributed by atoms with E-state index < -0.39 is 0 Å². The van der Waals surface area contributed by atoms with Gasteiger partial charge in [0.15, 0.2) is 0 Å². The zero-order chi connectivity index (χ0) is 17.1. The Bertz CT molecular complexity index is 900. The van der Waals surface area contributed by atoms with Crippen molar-refractivity contribution in [1.29, 1.82) is 0 Å². The minimum absolute atomic E-state index is 0.0719. The first-order chi connectivity index (χ1) is 12.3. The minimum atomic E-state index is -0.0719. The number of aromatic nitrogens is 3. The molecule has 0 aliphatic carbocycles. The maximum atomic E-state index is 12.5. The van der Waals surface area contributed by atoms with Crippen LogP contribution >= 0.6 is 0 Å². The smallest absolute Gasteiger partial charge is 0.278 e. The van der Waals surface area contributed by atoms with Gasteiger partial charge in [-0.3, -0.25) is 14.6 Å². The van der Waals surface area contributed by atoms with Crippen molar-refractivity contribution in [3.05, 3.63) is 70.5 Å². The van der Waals surface area contributed by atoms with Crippen LogP contribution in [0.25, 0.3) is 10.9 Å². The highest BCUT2D eigenvalue weighted by Gasteiger charge is 2.18. The van der Waals surface area contributed by atoms with Gasteiger partial charge in [-0.2, -0.15) is 4.68 Å². The summed E-state index contributed by atoms with van der Waals surface area (Å²) < 4.78 is 1.47. The Balaban J connectivity index is 1.39. The normalized spacial score (nSPS) is 16.3. The molecule has 25 heavy (non-hydrogen) atoms. The third-order valence-corrected chi connectivity index (χ3v) is 4.68. The SMILES string of the molecule is O=c1c2ccccc2nnn1CN1CCN(Cc2ccccc2)CC1. The first-order valence-corrected chi connectivity index (χ1v) is 8.61. The van der Waals surface area contributed by atoms with E-state index in [2.05, 4.69) is 44.4 Å². The monoisotopic (exact) mass is 335 g/mol. The van der Waals surface area contributed by atoms with E-state index in [0.717, 1.165) is 32.7 Å². The third-order valence-electron chi connectivity index (χ3n) is 4.68. The van der Waals surface area contributed by atoms with Crippen LogP contribution in [0.5, 0.6) is 0 Å². The molecular weight excluding hydrogens is 314 g/mol. The summed E-state index contributed by atoms with van der Waals surface area (Å²) in [7, 11) is 0. The number of hydrogen-bond donors (Lipinski definition) is 0. The maximum absolute atomic E-state index is 12.5. The van der Waals surface area contributed by atoms with E-state index >= 15 is 0 Å². The summed E-state index contributed by atoms with van der Waals surface area (Å²) in [6.07, 6.45) is 0. The summed E-state index contributed by atoms with van der Waals surface area (Å²) in [5.41, 5.74) is 1.92. The molecule has 3 aromatic rings. The Morgan fingerprint density at radius 1 is 0.840 bits per heavy atom. The molecule has 6 heteroatoms. The number of nitrogens with zero attached hydrogens (tertiary/aromatic N) is 5. The fourth-order valence-electron chi connectivity index (χ4n) is 3.24. The van der Waals surface area contributed by atoms with Crippen LogP contribution in [0.4, 0.5) is 0 Å². The van der Waals surface area contributed by atoms with Crippen LogP contribution in [-0.2, 0) is 13.2 Å². The van der Waals surface area contributed by atoms with Gasteiger partial charge in [0, 0.05) is 32.7 Å². The Morgan fingerprint density at radius 2 is 1.52 bits per heavy atom. The summed E-state index contributed by atoms with van der Waals surface area (Å²) in [6.45, 7) is 5.30. The highest BCUT2D eigenvalue weighted by Crippen LogP contribution is 2.09. The highest BCUT2D eigenvalue weighted by atomic mass is 16.1. The van der Waals surface area contributed by atoms with Gasteiger partial charge in [0.1, 0.15) is 5.52 Å². The van der Waals surface area contributed by atoms with E-state index in [-0.39, 0.29) is 5.56 Å². The Morgan fingerprint density at radius 3 is 2.32 bits per heavy atom. The number of benzene rings is 2. The topological polar surface area (TPSA) is 54.3 Å². The lowest BCUT2D eigenvalue weighted by Gasteiger charge is -2.34. The van der Waals surface area contributed by atoms with Gasteiger partial charge in [-0.1, -0.05) is 47.7 Å². The molecule has 128 valence electrons. The highest BCUT2D eigenvalue weighted by molar-refractivity contribution is 5.76. The van der Waals surface area contributed by atoms with Crippen molar-refractivity contribution in [1.82, 2.24) is 24.8 Å². The molecule has 0 saturated carbocycles. The molecule has 2 aromatic carbocycles. The van der Waals surface area contributed by atoms with Crippen LogP contribution in [0, 0.1) is 0 Å². The van der Waals surface area contributed by atoms with Gasteiger partial charge in [-0.25, -0.2) is 0 Å². The molecule has 4 rings (SSSR count). The average molecular weight is 335 g/mol. The van der Waals surface area contributed by atoms with Gasteiger partial charge in [-0.05, 0) is 17.7 Å². The first-order valence-electron chi connectivity index (χ1n) is 8.61. The van der Waals surface area contributed by atoms with Gasteiger partial charge >= 0.3 is 0 Å². The van der Waals surface area contributed by atoms with E-state index in [1.165, 1.54) is 10.2 Å². The Kier molecular flexibility index (Phi) is 4.54. The quantitative estimate of drug-likeness (QED) is 0.724. The summed E-state index contributed by atoms with van der Waals surface area (Å²) in [6, 6.07) is 17.9. The fourth-order valence-corrected chi connectivity index (χ4v) is 3.24. The van der Waals surface area contributed by atoms with E-state index in [1.807, 2.05) is 24.3 Å². The van der Waals surface area contributed by atoms with Gasteiger partial charge in [0.25, 0.3) is 5.56 Å². The molecule has 0 spiro atoms. The molecule has 0 atom stereocenters. The van der Waals surface area contributed by atoms with Gasteiger partial charge in [0.05, 0.1) is 12.1 Å². The lowest BCUT2D eigenvalue weighted by atomic mass is 10.2. The van der Waals surface area contributed by atoms with Crippen LogP contribution in [0.15, 0.2) is 59.4 Å². The average Bonchev–Trinajstić information content (AvgIpc) is 2.67. The molecule has 0 unspecified atom stereocenters. The lowest BCUT2D eigenvalue weighted by Crippen LogP contribution is -2.47. The predicted octanol–water partition coefficient (Wildman–Crippen LogP) is 1.57. The first kappa shape index (κ1) is 15.9. The summed E-state index contributed by atoms with van der Waals surface area (Å²) in [5, 5.41) is 8.87. The summed E-state index contributed by atoms with van der Waals surface area (Å²) in [4.78, 5) is 17.2. The Labute approximate surface area is 146 Å². The van der Waals surface area contributed by atoms with Gasteiger partial charge in [-0.15, -0.1) is 5.10 Å². The van der Waals surface area contributed by atoms with Crippen LogP contribution < -0.4 is 5.56 Å². The zero-order valence-electron chi connectivity index (χ0n) is 14.1. The van der Waals surface area contributed by atoms with Crippen molar-refractivity contribution in [2.75, 3.05) is 26.2 Å². The molecule has 0 radical (unpaired) electrons. The third kappa shape index (κ3) is 3.60. The molecular formula is C19H21N5O. The second-order valence-corrected chi connectivity index (χ2v) is 6.43. The molecule has 1 aliphatic heterocycles. The summed E-state index contributed by atoms with van der Waals surface area (Å²) >= 11 is 0. The van der Waals surface area contributed by atoms with Crippen LogP contribution in [0.3, 0.4) is 0 Å². The van der Waals surface area contributed by atoms with Crippen molar-refractivity contribution in [2.24, 2.45) is 0 Å². The van der Waals surface area contributed by atoms with E-state index in [0.29, 0.717) is 17.6 Å².